The molecule has 2 aliphatic rings. The van der Waals surface area contributed by atoms with Gasteiger partial charge < -0.3 is 15.7 Å². The molecule has 180 valence electrons. The van der Waals surface area contributed by atoms with Crippen LogP contribution < -0.4 is 15.8 Å². The lowest BCUT2D eigenvalue weighted by Gasteiger charge is -2.49. The molecule has 2 atom stereocenters. The molecule has 16 heteroatoms. The Morgan fingerprint density at radius 3 is 2.59 bits per heavy atom. The largest absolute Gasteiger partial charge is 0.477 e. The third kappa shape index (κ3) is 5.05. The van der Waals surface area contributed by atoms with E-state index >= 15 is 0 Å². The van der Waals surface area contributed by atoms with Crippen molar-refractivity contribution in [3.8, 4) is 0 Å². The van der Waals surface area contributed by atoms with Crippen LogP contribution in [0.3, 0.4) is 0 Å². The topological polar surface area (TPSA) is 185 Å². The minimum absolute atomic E-state index is 0.0699. The van der Waals surface area contributed by atoms with Gasteiger partial charge in [-0.25, -0.2) is 23.1 Å². The highest BCUT2D eigenvalue weighted by atomic mass is 32.2. The molecule has 1 fully saturated rings. The van der Waals surface area contributed by atoms with Gasteiger partial charge in [-0.05, 0) is 36.8 Å². The molecule has 1 aromatic heterocycles. The number of fused-ring (bicyclic) bond motifs is 1. The maximum atomic E-state index is 12.7. The molecule has 1 saturated heterocycles. The minimum Gasteiger partial charge on any atom is -0.477 e. The van der Waals surface area contributed by atoms with Crippen LogP contribution in [0.25, 0.3) is 0 Å². The number of nitrogens with zero attached hydrogens (tertiary/aromatic N) is 3. The average Bonchev–Trinajstić information content (AvgIpc) is 3.20. The van der Waals surface area contributed by atoms with Crippen molar-refractivity contribution in [1.29, 1.82) is 0 Å². The average molecular weight is 543 g/mol. The number of hydrogen-bond acceptors (Lipinski definition) is 10. The lowest BCUT2D eigenvalue weighted by molar-refractivity contribution is -0.148. The summed E-state index contributed by atoms with van der Waals surface area (Å²) in [5.74, 6) is -0.994. The number of aromatic nitrogens is 2. The zero-order valence-corrected chi connectivity index (χ0v) is 20.7. The molecule has 0 bridgehead atoms. The van der Waals surface area contributed by atoms with Gasteiger partial charge in [0.25, 0.3) is 5.91 Å². The molecule has 2 aliphatic heterocycles. The number of amides is 3. The number of carbonyl (C=O) groups is 3. The summed E-state index contributed by atoms with van der Waals surface area (Å²) in [6.07, 6.45) is 0. The number of sulfonamides is 1. The van der Waals surface area contributed by atoms with E-state index in [0.717, 1.165) is 5.01 Å². The fourth-order valence-electron chi connectivity index (χ4n) is 3.32. The number of urea groups is 1. The molecule has 3 heterocycles. The number of thioether (sulfide) groups is 2. The number of aliphatic carboxylic acids is 1. The van der Waals surface area contributed by atoms with Gasteiger partial charge in [-0.2, -0.15) is 0 Å². The number of rotatable bonds is 7. The van der Waals surface area contributed by atoms with E-state index in [2.05, 4.69) is 20.8 Å². The highest BCUT2D eigenvalue weighted by Crippen LogP contribution is 2.41. The van der Waals surface area contributed by atoms with Crippen molar-refractivity contribution in [1.82, 2.24) is 20.4 Å². The Morgan fingerprint density at radius 2 is 2.00 bits per heavy atom. The van der Waals surface area contributed by atoms with E-state index in [1.165, 1.54) is 64.0 Å². The van der Waals surface area contributed by atoms with Crippen LogP contribution >= 0.6 is 34.9 Å². The van der Waals surface area contributed by atoms with Crippen molar-refractivity contribution in [3.05, 3.63) is 40.5 Å². The van der Waals surface area contributed by atoms with Crippen LogP contribution in [0.2, 0.25) is 0 Å². The Kier molecular flexibility index (Phi) is 6.86. The van der Waals surface area contributed by atoms with E-state index in [-0.39, 0.29) is 10.6 Å². The van der Waals surface area contributed by atoms with Crippen LogP contribution in [-0.2, 0) is 19.6 Å². The molecule has 3 amide bonds. The third-order valence-corrected chi connectivity index (χ3v) is 9.18. The van der Waals surface area contributed by atoms with Crippen LogP contribution in [0.15, 0.2) is 44.8 Å². The standard InChI is InChI=1S/C18H18N6O6S4/c1-8-22-23-18(33-8)32-7-9-6-31-15-12(14(25)24(15)13(9)16(26)27)21-17(28)20-10-2-4-11(5-3-10)34(19,29)30/h2-5,12,15H,6-7H2,1H3,(H,26,27)(H2,19,29,30)(H2,20,21,28)/t12?,15-/m0/s1. The lowest BCUT2D eigenvalue weighted by atomic mass is 10.0. The van der Waals surface area contributed by atoms with E-state index in [1.807, 2.05) is 6.92 Å². The molecule has 2 aromatic rings. The molecule has 0 aliphatic carbocycles. The summed E-state index contributed by atoms with van der Waals surface area (Å²) >= 11 is 4.13. The highest BCUT2D eigenvalue weighted by Gasteiger charge is 2.54. The number of nitrogens with two attached hydrogens (primary N) is 1. The van der Waals surface area contributed by atoms with Crippen LogP contribution in [0, 0.1) is 6.92 Å². The summed E-state index contributed by atoms with van der Waals surface area (Å²) in [4.78, 5) is 38.1. The monoisotopic (exact) mass is 542 g/mol. The number of aryl methyl sites for hydroxylation is 1. The zero-order chi connectivity index (χ0) is 24.6. The summed E-state index contributed by atoms with van der Waals surface area (Å²) in [7, 11) is -3.86. The highest BCUT2D eigenvalue weighted by molar-refractivity contribution is 8.01. The molecular weight excluding hydrogens is 525 g/mol. The number of carboxylic acids is 1. The van der Waals surface area contributed by atoms with Crippen LogP contribution in [-0.4, -0.2) is 69.5 Å². The fourth-order valence-corrected chi connectivity index (χ4v) is 7.13. The van der Waals surface area contributed by atoms with Crippen LogP contribution in [0.5, 0.6) is 0 Å². The van der Waals surface area contributed by atoms with Crippen molar-refractivity contribution in [2.45, 2.75) is 27.6 Å². The number of benzene rings is 1. The number of β-lactam (4-membered cyclic amide) rings is 1. The quantitative estimate of drug-likeness (QED) is 0.291. The van der Waals surface area contributed by atoms with Gasteiger partial charge in [0.05, 0.1) is 4.90 Å². The number of primary sulfonamides is 1. The normalized spacial score (nSPS) is 19.9. The number of nitrogens with one attached hydrogen (secondary N) is 2. The zero-order valence-electron chi connectivity index (χ0n) is 17.4. The summed E-state index contributed by atoms with van der Waals surface area (Å²) in [5.41, 5.74) is 0.819. The SMILES string of the molecule is Cc1nnc(SCC2=C(C(=O)O)N3C(=O)C(NC(=O)Nc4ccc(S(N)(=O)=O)cc4)[C@@H]3SC2)s1. The fraction of sp³-hybridized carbons (Fsp3) is 0.278. The number of anilines is 1. The van der Waals surface area contributed by atoms with Gasteiger partial charge in [-0.1, -0.05) is 23.1 Å². The smallest absolute Gasteiger partial charge is 0.352 e. The minimum atomic E-state index is -3.86. The summed E-state index contributed by atoms with van der Waals surface area (Å²) in [6.45, 7) is 1.83. The summed E-state index contributed by atoms with van der Waals surface area (Å²) in [5, 5.41) is 28.1. The first-order chi connectivity index (χ1) is 16.0. The Bertz CT molecular complexity index is 1290. The second-order valence-electron chi connectivity index (χ2n) is 7.19. The third-order valence-electron chi connectivity index (χ3n) is 4.85. The van der Waals surface area contributed by atoms with Crippen molar-refractivity contribution in [2.75, 3.05) is 16.8 Å². The van der Waals surface area contributed by atoms with Gasteiger partial charge in [0.15, 0.2) is 4.34 Å². The Morgan fingerprint density at radius 1 is 1.29 bits per heavy atom. The molecule has 0 radical (unpaired) electrons. The molecule has 34 heavy (non-hydrogen) atoms. The molecule has 1 aromatic carbocycles. The molecular formula is C18H18N6O6S4. The van der Waals surface area contributed by atoms with Crippen molar-refractivity contribution >= 4 is 68.5 Å². The second kappa shape index (κ2) is 9.53. The van der Waals surface area contributed by atoms with Gasteiger partial charge >= 0.3 is 12.0 Å². The molecule has 5 N–H and O–H groups in total. The van der Waals surface area contributed by atoms with Crippen molar-refractivity contribution in [3.63, 3.8) is 0 Å². The molecule has 12 nitrogen and oxygen atoms in total. The number of hydrogen-bond donors (Lipinski definition) is 4. The maximum Gasteiger partial charge on any atom is 0.352 e. The molecule has 0 spiro atoms. The van der Waals surface area contributed by atoms with Crippen LogP contribution in [0.4, 0.5) is 10.5 Å². The van der Waals surface area contributed by atoms with Gasteiger partial charge in [0, 0.05) is 17.2 Å². The van der Waals surface area contributed by atoms with Crippen molar-refractivity contribution in [2.24, 2.45) is 5.14 Å². The molecule has 1 unspecified atom stereocenters. The summed E-state index contributed by atoms with van der Waals surface area (Å²) in [6, 6.07) is 3.62. The first-order valence-corrected chi connectivity index (χ1v) is 14.0. The first kappa shape index (κ1) is 24.5. The predicted molar refractivity (Wildman–Crippen MR) is 127 cm³/mol. The van der Waals surface area contributed by atoms with E-state index in [1.54, 1.807) is 0 Å². The first-order valence-electron chi connectivity index (χ1n) is 9.58. The molecule has 0 saturated carbocycles. The summed E-state index contributed by atoms with van der Waals surface area (Å²) < 4.78 is 23.4. The maximum absolute atomic E-state index is 12.7. The van der Waals surface area contributed by atoms with Crippen molar-refractivity contribution < 1.29 is 27.9 Å². The van der Waals surface area contributed by atoms with Gasteiger partial charge in [-0.3, -0.25) is 9.69 Å². The Balaban J connectivity index is 1.40. The van der Waals surface area contributed by atoms with Gasteiger partial charge in [0.2, 0.25) is 10.0 Å². The van der Waals surface area contributed by atoms with E-state index in [9.17, 15) is 27.9 Å². The van der Waals surface area contributed by atoms with Crippen LogP contribution in [0.1, 0.15) is 5.01 Å². The molecule has 4 rings (SSSR count). The second-order valence-corrected chi connectivity index (χ2v) is 12.3. The van der Waals surface area contributed by atoms with E-state index < -0.39 is 39.3 Å². The Hall–Kier alpha value is -2.66. The van der Waals surface area contributed by atoms with E-state index in [4.69, 9.17) is 5.14 Å². The predicted octanol–water partition coefficient (Wildman–Crippen LogP) is 1.03. The van der Waals surface area contributed by atoms with E-state index in [0.29, 0.717) is 27.1 Å². The lowest BCUT2D eigenvalue weighted by Crippen LogP contribution is -2.71. The number of carbonyl (C=O) groups excluding carboxylic acids is 2. The Labute approximate surface area is 206 Å². The van der Waals surface area contributed by atoms with Gasteiger partial charge in [-0.15, -0.1) is 22.0 Å². The van der Waals surface area contributed by atoms with Gasteiger partial charge in [0.1, 0.15) is 22.1 Å². The number of carboxylic acid groups (broad SMARTS) is 1.